The van der Waals surface area contributed by atoms with Crippen LogP contribution in [0.3, 0.4) is 0 Å². The van der Waals surface area contributed by atoms with E-state index in [-0.39, 0.29) is 0 Å². The predicted molar refractivity (Wildman–Crippen MR) is 77.8 cm³/mol. The van der Waals surface area contributed by atoms with Crippen molar-refractivity contribution in [3.05, 3.63) is 29.3 Å². The fourth-order valence-corrected chi connectivity index (χ4v) is 2.68. The van der Waals surface area contributed by atoms with Crippen LogP contribution >= 0.6 is 11.8 Å². The molecule has 0 atom stereocenters. The van der Waals surface area contributed by atoms with Crippen LogP contribution in [0.4, 0.5) is 0 Å². The Balaban J connectivity index is 2.50. The number of aryl methyl sites for hydroxylation is 1. The van der Waals surface area contributed by atoms with Crippen LogP contribution in [-0.2, 0) is 6.54 Å². The molecule has 3 heteroatoms. The summed E-state index contributed by atoms with van der Waals surface area (Å²) in [5, 5.41) is 3.37. The lowest BCUT2D eigenvalue weighted by Gasteiger charge is -2.11. The smallest absolute Gasteiger partial charge is 0.0208 e. The lowest BCUT2D eigenvalue weighted by molar-refractivity contribution is 0.437. The molecule has 0 aliphatic heterocycles. The lowest BCUT2D eigenvalue weighted by Crippen LogP contribution is -2.14. The Bertz CT molecular complexity index is 337. The summed E-state index contributed by atoms with van der Waals surface area (Å²) in [6.07, 6.45) is 0. The van der Waals surface area contributed by atoms with Crippen molar-refractivity contribution in [1.82, 2.24) is 10.2 Å². The molecule has 1 aromatic rings. The minimum Gasteiger partial charge on any atom is -0.313 e. The van der Waals surface area contributed by atoms with Crippen LogP contribution in [0.5, 0.6) is 0 Å². The molecule has 1 rings (SSSR count). The summed E-state index contributed by atoms with van der Waals surface area (Å²) in [4.78, 5) is 3.60. The van der Waals surface area contributed by atoms with Gasteiger partial charge in [0.25, 0.3) is 0 Å². The Hall–Kier alpha value is -0.510. The van der Waals surface area contributed by atoms with E-state index in [2.05, 4.69) is 56.4 Å². The molecule has 1 aromatic carbocycles. The van der Waals surface area contributed by atoms with E-state index in [1.165, 1.54) is 16.0 Å². The number of rotatable bonds is 7. The summed E-state index contributed by atoms with van der Waals surface area (Å²) < 4.78 is 0. The van der Waals surface area contributed by atoms with Crippen molar-refractivity contribution in [2.75, 3.05) is 32.9 Å². The molecule has 1 N–H and O–H groups in total. The van der Waals surface area contributed by atoms with Gasteiger partial charge in [0.15, 0.2) is 0 Å². The molecule has 0 amide bonds. The van der Waals surface area contributed by atoms with Crippen LogP contribution in [0.2, 0.25) is 0 Å². The highest BCUT2D eigenvalue weighted by molar-refractivity contribution is 7.99. The molecule has 0 unspecified atom stereocenters. The van der Waals surface area contributed by atoms with Crippen molar-refractivity contribution in [2.24, 2.45) is 0 Å². The summed E-state index contributed by atoms with van der Waals surface area (Å²) >= 11 is 1.93. The minimum absolute atomic E-state index is 0.977. The highest BCUT2D eigenvalue weighted by atomic mass is 32.2. The molecule has 0 radical (unpaired) electrons. The highest BCUT2D eigenvalue weighted by Gasteiger charge is 2.00. The zero-order valence-electron chi connectivity index (χ0n) is 11.4. The van der Waals surface area contributed by atoms with Gasteiger partial charge in [-0.3, -0.25) is 0 Å². The van der Waals surface area contributed by atoms with Gasteiger partial charge in [0.1, 0.15) is 0 Å². The fraction of sp³-hybridized carbons (Fsp3) is 0.571. The molecule has 17 heavy (non-hydrogen) atoms. The van der Waals surface area contributed by atoms with Crippen molar-refractivity contribution in [1.29, 1.82) is 0 Å². The van der Waals surface area contributed by atoms with Gasteiger partial charge in [-0.2, -0.15) is 0 Å². The van der Waals surface area contributed by atoms with Gasteiger partial charge >= 0.3 is 0 Å². The normalized spacial score (nSPS) is 11.1. The predicted octanol–water partition coefficient (Wildman–Crippen LogP) is 2.76. The lowest BCUT2D eigenvalue weighted by atomic mass is 10.1. The molecular weight excluding hydrogens is 228 g/mol. The third-order valence-electron chi connectivity index (χ3n) is 2.69. The van der Waals surface area contributed by atoms with E-state index in [4.69, 9.17) is 0 Å². The van der Waals surface area contributed by atoms with Crippen molar-refractivity contribution in [2.45, 2.75) is 25.3 Å². The van der Waals surface area contributed by atoms with E-state index >= 15 is 0 Å². The van der Waals surface area contributed by atoms with E-state index < -0.39 is 0 Å². The molecule has 2 nitrogen and oxygen atoms in total. The van der Waals surface area contributed by atoms with Gasteiger partial charge in [-0.25, -0.2) is 0 Å². The number of hydrogen-bond donors (Lipinski definition) is 1. The van der Waals surface area contributed by atoms with Gasteiger partial charge in [-0.05, 0) is 50.8 Å². The maximum atomic E-state index is 3.37. The fourth-order valence-electron chi connectivity index (χ4n) is 1.56. The summed E-state index contributed by atoms with van der Waals surface area (Å²) in [6, 6.07) is 6.78. The van der Waals surface area contributed by atoms with Gasteiger partial charge in [-0.1, -0.05) is 13.0 Å². The average molecular weight is 252 g/mol. The topological polar surface area (TPSA) is 15.3 Å². The Labute approximate surface area is 110 Å². The number of nitrogens with zero attached hydrogens (tertiary/aromatic N) is 1. The molecule has 0 aromatic heterocycles. The zero-order valence-corrected chi connectivity index (χ0v) is 12.2. The molecule has 0 saturated carbocycles. The minimum atomic E-state index is 0.977. The molecule has 96 valence electrons. The van der Waals surface area contributed by atoms with Crippen LogP contribution < -0.4 is 5.32 Å². The first-order valence-corrected chi connectivity index (χ1v) is 7.19. The summed E-state index contributed by atoms with van der Waals surface area (Å²) in [7, 11) is 4.23. The number of hydrogen-bond acceptors (Lipinski definition) is 3. The second kappa shape index (κ2) is 7.75. The maximum absolute atomic E-state index is 3.37. The number of benzene rings is 1. The van der Waals surface area contributed by atoms with Crippen LogP contribution in [0, 0.1) is 6.92 Å². The van der Waals surface area contributed by atoms with E-state index in [0.29, 0.717) is 0 Å². The molecule has 0 saturated heterocycles. The van der Waals surface area contributed by atoms with Crippen molar-refractivity contribution in [3.8, 4) is 0 Å². The van der Waals surface area contributed by atoms with E-state index in [1.807, 2.05) is 11.8 Å². The quantitative estimate of drug-likeness (QED) is 0.751. The van der Waals surface area contributed by atoms with E-state index in [0.717, 1.165) is 25.4 Å². The van der Waals surface area contributed by atoms with Crippen molar-refractivity contribution < 1.29 is 0 Å². The molecule has 0 fully saturated rings. The highest BCUT2D eigenvalue weighted by Crippen LogP contribution is 2.21. The summed E-state index contributed by atoms with van der Waals surface area (Å²) in [6.45, 7) is 7.47. The van der Waals surface area contributed by atoms with Gasteiger partial charge in [-0.15, -0.1) is 11.8 Å². The Kier molecular flexibility index (Phi) is 6.63. The maximum Gasteiger partial charge on any atom is 0.0208 e. The first kappa shape index (κ1) is 14.6. The number of thioether (sulfide) groups is 1. The Morgan fingerprint density at radius 1 is 1.29 bits per heavy atom. The van der Waals surface area contributed by atoms with Gasteiger partial charge in [0.2, 0.25) is 0 Å². The van der Waals surface area contributed by atoms with Gasteiger partial charge in [0, 0.05) is 23.7 Å². The van der Waals surface area contributed by atoms with Crippen LogP contribution in [-0.4, -0.2) is 37.8 Å². The van der Waals surface area contributed by atoms with Crippen LogP contribution in [0.15, 0.2) is 23.1 Å². The zero-order chi connectivity index (χ0) is 12.7. The van der Waals surface area contributed by atoms with E-state index in [9.17, 15) is 0 Å². The summed E-state index contributed by atoms with van der Waals surface area (Å²) in [5.74, 6) is 1.15. The second-order valence-corrected chi connectivity index (χ2v) is 5.69. The first-order chi connectivity index (χ1) is 8.13. The first-order valence-electron chi connectivity index (χ1n) is 6.21. The monoisotopic (exact) mass is 252 g/mol. The Morgan fingerprint density at radius 3 is 2.65 bits per heavy atom. The van der Waals surface area contributed by atoms with Crippen LogP contribution in [0.1, 0.15) is 18.1 Å². The third kappa shape index (κ3) is 5.57. The molecule has 0 aliphatic carbocycles. The third-order valence-corrected chi connectivity index (χ3v) is 3.66. The largest absolute Gasteiger partial charge is 0.313 e. The average Bonchev–Trinajstić information content (AvgIpc) is 2.27. The SMILES string of the molecule is CCNCc1ccc(SCCN(C)C)cc1C. The second-order valence-electron chi connectivity index (χ2n) is 4.52. The molecular formula is C14H24N2S. The van der Waals surface area contributed by atoms with Crippen LogP contribution in [0.25, 0.3) is 0 Å². The van der Waals surface area contributed by atoms with E-state index in [1.54, 1.807) is 0 Å². The standard InChI is InChI=1S/C14H24N2S/c1-5-15-11-13-6-7-14(10-12(13)2)17-9-8-16(3)4/h6-7,10,15H,5,8-9,11H2,1-4H3. The van der Waals surface area contributed by atoms with Crippen molar-refractivity contribution in [3.63, 3.8) is 0 Å². The molecule has 0 aliphatic rings. The molecule has 0 spiro atoms. The van der Waals surface area contributed by atoms with Gasteiger partial charge in [0.05, 0.1) is 0 Å². The molecule has 0 bridgehead atoms. The number of nitrogens with one attached hydrogen (secondary N) is 1. The Morgan fingerprint density at radius 2 is 2.06 bits per heavy atom. The summed E-state index contributed by atoms with van der Waals surface area (Å²) in [5.41, 5.74) is 2.80. The van der Waals surface area contributed by atoms with Crippen molar-refractivity contribution >= 4 is 11.8 Å². The van der Waals surface area contributed by atoms with Gasteiger partial charge < -0.3 is 10.2 Å². The molecule has 0 heterocycles.